The van der Waals surface area contributed by atoms with E-state index in [2.05, 4.69) is 25.8 Å². The highest BCUT2D eigenvalue weighted by molar-refractivity contribution is 14.0. The molecule has 31 heavy (non-hydrogen) atoms. The molecule has 172 valence electrons. The monoisotopic (exact) mass is 550 g/mol. The number of alkyl halides is 3. The summed E-state index contributed by atoms with van der Waals surface area (Å²) in [5.74, 6) is 1.56. The number of nitrogens with one attached hydrogen (secondary N) is 2. The van der Waals surface area contributed by atoms with E-state index in [1.807, 2.05) is 17.6 Å². The number of benzene rings is 1. The van der Waals surface area contributed by atoms with Gasteiger partial charge in [-0.2, -0.15) is 13.2 Å². The predicted molar refractivity (Wildman–Crippen MR) is 126 cm³/mol. The third-order valence-electron chi connectivity index (χ3n) is 5.84. The molecule has 3 rings (SSSR count). The summed E-state index contributed by atoms with van der Waals surface area (Å²) < 4.78 is 41.6. The summed E-state index contributed by atoms with van der Waals surface area (Å²) in [5, 5.41) is 14.6. The molecule has 0 unspecified atom stereocenters. The number of halogens is 4. The van der Waals surface area contributed by atoms with Crippen LogP contribution in [-0.4, -0.2) is 40.9 Å². The van der Waals surface area contributed by atoms with Gasteiger partial charge in [-0.05, 0) is 24.5 Å². The van der Waals surface area contributed by atoms with E-state index in [1.54, 1.807) is 13.4 Å². The number of guanidine groups is 1. The van der Waals surface area contributed by atoms with E-state index in [9.17, 15) is 13.2 Å². The standard InChI is InChI=1S/C21H29F3N6.HI/c1-3-18-29-28-15-30(18)12-11-26-19(25-2)27-14-20(9-4-5-10-20)16-7-6-8-17(13-16)21(22,23)24;/h6-8,13,15H,3-5,9-12,14H2,1-2H3,(H2,25,26,27);1H. The van der Waals surface area contributed by atoms with Crippen LogP contribution in [0.25, 0.3) is 0 Å². The lowest BCUT2D eigenvalue weighted by Crippen LogP contribution is -2.45. The van der Waals surface area contributed by atoms with Crippen molar-refractivity contribution < 1.29 is 13.2 Å². The van der Waals surface area contributed by atoms with E-state index in [1.165, 1.54) is 12.1 Å². The Morgan fingerprint density at radius 1 is 1.23 bits per heavy atom. The molecule has 6 nitrogen and oxygen atoms in total. The normalized spacial score (nSPS) is 16.1. The Labute approximate surface area is 198 Å². The molecule has 0 saturated heterocycles. The summed E-state index contributed by atoms with van der Waals surface area (Å²) in [6.45, 7) is 3.92. The van der Waals surface area contributed by atoms with E-state index in [0.29, 0.717) is 25.6 Å². The van der Waals surface area contributed by atoms with E-state index in [-0.39, 0.29) is 29.4 Å². The molecular weight excluding hydrogens is 520 g/mol. The van der Waals surface area contributed by atoms with E-state index in [0.717, 1.165) is 49.6 Å². The Morgan fingerprint density at radius 3 is 2.61 bits per heavy atom. The van der Waals surface area contributed by atoms with Crippen LogP contribution in [0.2, 0.25) is 0 Å². The molecule has 0 radical (unpaired) electrons. The van der Waals surface area contributed by atoms with Crippen LogP contribution in [0.4, 0.5) is 13.2 Å². The first-order valence-electron chi connectivity index (χ1n) is 10.4. The molecule has 1 fully saturated rings. The Kier molecular flexibility index (Phi) is 9.14. The maximum absolute atomic E-state index is 13.2. The molecule has 0 atom stereocenters. The molecular formula is C21H30F3IN6. The van der Waals surface area contributed by atoms with E-state index >= 15 is 0 Å². The third-order valence-corrected chi connectivity index (χ3v) is 5.84. The largest absolute Gasteiger partial charge is 0.416 e. The second-order valence-corrected chi connectivity index (χ2v) is 7.71. The lowest BCUT2D eigenvalue weighted by atomic mass is 9.78. The fraction of sp³-hybridized carbons (Fsp3) is 0.571. The van der Waals surface area contributed by atoms with Crippen molar-refractivity contribution in [2.75, 3.05) is 20.1 Å². The summed E-state index contributed by atoms with van der Waals surface area (Å²) in [4.78, 5) is 4.27. The van der Waals surface area contributed by atoms with Gasteiger partial charge in [0.05, 0.1) is 5.56 Å². The first kappa shape index (κ1) is 25.4. The lowest BCUT2D eigenvalue weighted by Gasteiger charge is -2.31. The number of aromatic nitrogens is 3. The van der Waals surface area contributed by atoms with Gasteiger partial charge in [-0.1, -0.05) is 38.0 Å². The van der Waals surface area contributed by atoms with Gasteiger partial charge in [0.2, 0.25) is 0 Å². The van der Waals surface area contributed by atoms with Crippen LogP contribution in [0.5, 0.6) is 0 Å². The third kappa shape index (κ3) is 6.33. The minimum absolute atomic E-state index is 0. The van der Waals surface area contributed by atoms with Gasteiger partial charge >= 0.3 is 6.18 Å². The number of nitrogens with zero attached hydrogens (tertiary/aromatic N) is 4. The zero-order valence-electron chi connectivity index (χ0n) is 17.9. The fourth-order valence-corrected chi connectivity index (χ4v) is 4.15. The van der Waals surface area contributed by atoms with Crippen LogP contribution < -0.4 is 10.6 Å². The second-order valence-electron chi connectivity index (χ2n) is 7.71. The smallest absolute Gasteiger partial charge is 0.356 e. The summed E-state index contributed by atoms with van der Waals surface area (Å²) in [5.41, 5.74) is -0.160. The summed E-state index contributed by atoms with van der Waals surface area (Å²) in [6.07, 6.45) is 1.93. The molecule has 1 aliphatic rings. The molecule has 1 heterocycles. The van der Waals surface area contributed by atoms with Gasteiger partial charge in [0.1, 0.15) is 12.2 Å². The van der Waals surface area contributed by atoms with Gasteiger partial charge in [0.15, 0.2) is 5.96 Å². The topological polar surface area (TPSA) is 67.1 Å². The molecule has 0 aliphatic heterocycles. The SMILES string of the molecule is CCc1nncn1CCNC(=NC)NCC1(c2cccc(C(F)(F)F)c2)CCCC1.I. The maximum atomic E-state index is 13.2. The van der Waals surface area contributed by atoms with E-state index in [4.69, 9.17) is 0 Å². The number of aryl methyl sites for hydroxylation is 1. The van der Waals surface area contributed by atoms with Crippen molar-refractivity contribution in [1.29, 1.82) is 0 Å². The molecule has 0 amide bonds. The van der Waals surface area contributed by atoms with Crippen molar-refractivity contribution in [3.05, 3.63) is 47.5 Å². The fourth-order valence-electron chi connectivity index (χ4n) is 4.15. The average molecular weight is 550 g/mol. The van der Waals surface area contributed by atoms with Crippen LogP contribution in [0.1, 0.15) is 49.6 Å². The summed E-state index contributed by atoms with van der Waals surface area (Å²) in [6, 6.07) is 5.77. The van der Waals surface area contributed by atoms with Crippen LogP contribution in [0, 0.1) is 0 Å². The number of rotatable bonds is 7. The number of aliphatic imine (C=N–C) groups is 1. The quantitative estimate of drug-likeness (QED) is 0.309. The maximum Gasteiger partial charge on any atom is 0.416 e. The first-order chi connectivity index (χ1) is 14.4. The Bertz CT molecular complexity index is 859. The number of hydrogen-bond donors (Lipinski definition) is 2. The number of hydrogen-bond acceptors (Lipinski definition) is 3. The molecule has 1 aromatic carbocycles. The highest BCUT2D eigenvalue weighted by Gasteiger charge is 2.38. The van der Waals surface area contributed by atoms with Crippen LogP contribution in [-0.2, 0) is 24.6 Å². The van der Waals surface area contributed by atoms with Crippen molar-refractivity contribution >= 4 is 29.9 Å². The minimum Gasteiger partial charge on any atom is -0.356 e. The minimum atomic E-state index is -4.33. The predicted octanol–water partition coefficient (Wildman–Crippen LogP) is 4.15. The highest BCUT2D eigenvalue weighted by atomic mass is 127. The summed E-state index contributed by atoms with van der Waals surface area (Å²) in [7, 11) is 1.69. The van der Waals surface area contributed by atoms with Crippen molar-refractivity contribution in [3.8, 4) is 0 Å². The van der Waals surface area contributed by atoms with Crippen molar-refractivity contribution in [3.63, 3.8) is 0 Å². The van der Waals surface area contributed by atoms with Crippen molar-refractivity contribution in [2.45, 2.75) is 57.2 Å². The Hall–Kier alpha value is -1.85. The zero-order chi connectivity index (χ0) is 21.6. The van der Waals surface area contributed by atoms with Crippen molar-refractivity contribution in [2.24, 2.45) is 4.99 Å². The van der Waals surface area contributed by atoms with Crippen LogP contribution in [0.3, 0.4) is 0 Å². The van der Waals surface area contributed by atoms with Crippen LogP contribution >= 0.6 is 24.0 Å². The molecule has 2 N–H and O–H groups in total. The lowest BCUT2D eigenvalue weighted by molar-refractivity contribution is -0.137. The molecule has 1 saturated carbocycles. The molecule has 10 heteroatoms. The molecule has 1 aromatic heterocycles. The van der Waals surface area contributed by atoms with Gasteiger partial charge in [-0.25, -0.2) is 0 Å². The summed E-state index contributed by atoms with van der Waals surface area (Å²) >= 11 is 0. The first-order valence-corrected chi connectivity index (χ1v) is 10.4. The van der Waals surface area contributed by atoms with Gasteiger partial charge in [-0.3, -0.25) is 4.99 Å². The van der Waals surface area contributed by atoms with Crippen LogP contribution in [0.15, 0.2) is 35.6 Å². The van der Waals surface area contributed by atoms with Crippen molar-refractivity contribution in [1.82, 2.24) is 25.4 Å². The highest BCUT2D eigenvalue weighted by Crippen LogP contribution is 2.42. The molecule has 1 aliphatic carbocycles. The molecule has 0 bridgehead atoms. The zero-order valence-corrected chi connectivity index (χ0v) is 20.2. The van der Waals surface area contributed by atoms with Gasteiger partial charge in [0.25, 0.3) is 0 Å². The van der Waals surface area contributed by atoms with Gasteiger partial charge in [-0.15, -0.1) is 34.2 Å². The van der Waals surface area contributed by atoms with E-state index < -0.39 is 11.7 Å². The Morgan fingerprint density at radius 2 is 1.97 bits per heavy atom. The average Bonchev–Trinajstić information content (AvgIpc) is 3.40. The Balaban J connectivity index is 0.00000341. The van der Waals surface area contributed by atoms with Gasteiger partial charge < -0.3 is 15.2 Å². The second kappa shape index (κ2) is 11.1. The molecule has 0 spiro atoms. The van der Waals surface area contributed by atoms with Gasteiger partial charge in [0, 0.05) is 38.5 Å². The molecule has 2 aromatic rings.